The summed E-state index contributed by atoms with van der Waals surface area (Å²) < 4.78 is 0. The van der Waals surface area contributed by atoms with Crippen LogP contribution in [0.5, 0.6) is 0 Å². The quantitative estimate of drug-likeness (QED) is 0.705. The van der Waals surface area contributed by atoms with E-state index in [-0.39, 0.29) is 12.1 Å². The Kier molecular flexibility index (Phi) is 6.65. The van der Waals surface area contributed by atoms with Gasteiger partial charge in [-0.15, -0.1) is 0 Å². The highest BCUT2D eigenvalue weighted by molar-refractivity contribution is 5.73. The zero-order valence-corrected chi connectivity index (χ0v) is 11.3. The molecule has 0 aromatic rings. The summed E-state index contributed by atoms with van der Waals surface area (Å²) in [6.45, 7) is 10.7. The topological polar surface area (TPSA) is 49.3 Å². The molecule has 0 amide bonds. The van der Waals surface area contributed by atoms with Crippen molar-refractivity contribution in [3.05, 3.63) is 0 Å². The number of aliphatic carboxylic acids is 1. The number of hydrogen-bond donors (Lipinski definition) is 2. The zero-order chi connectivity index (χ0) is 12.8. The summed E-state index contributed by atoms with van der Waals surface area (Å²) in [4.78, 5) is 11.0. The fourth-order valence-corrected chi connectivity index (χ4v) is 1.64. The van der Waals surface area contributed by atoms with Crippen LogP contribution in [0.15, 0.2) is 0 Å². The SMILES string of the molecule is CCCC(NC(C)CCC(C)(C)C)C(=O)O. The number of carboxylic acid groups (broad SMARTS) is 1. The molecule has 96 valence electrons. The molecule has 2 N–H and O–H groups in total. The molecule has 0 radical (unpaired) electrons. The van der Waals surface area contributed by atoms with Gasteiger partial charge < -0.3 is 10.4 Å². The third kappa shape index (κ3) is 7.69. The van der Waals surface area contributed by atoms with E-state index in [1.54, 1.807) is 0 Å². The van der Waals surface area contributed by atoms with Crippen LogP contribution in [0, 0.1) is 5.41 Å². The van der Waals surface area contributed by atoms with E-state index in [2.05, 4.69) is 33.0 Å². The third-order valence-electron chi connectivity index (χ3n) is 2.69. The van der Waals surface area contributed by atoms with Crippen LogP contribution in [0.3, 0.4) is 0 Å². The molecule has 0 rings (SSSR count). The molecule has 2 unspecified atom stereocenters. The Labute approximate surface area is 99.6 Å². The lowest BCUT2D eigenvalue weighted by Crippen LogP contribution is -2.42. The van der Waals surface area contributed by atoms with Gasteiger partial charge in [0.2, 0.25) is 0 Å². The lowest BCUT2D eigenvalue weighted by atomic mass is 9.89. The third-order valence-corrected chi connectivity index (χ3v) is 2.69. The van der Waals surface area contributed by atoms with Crippen molar-refractivity contribution in [3.63, 3.8) is 0 Å². The van der Waals surface area contributed by atoms with Crippen LogP contribution in [0.4, 0.5) is 0 Å². The van der Waals surface area contributed by atoms with Crippen LogP contribution < -0.4 is 5.32 Å². The van der Waals surface area contributed by atoms with Crippen molar-refractivity contribution in [2.75, 3.05) is 0 Å². The molecule has 2 atom stereocenters. The smallest absolute Gasteiger partial charge is 0.320 e. The van der Waals surface area contributed by atoms with E-state index in [1.807, 2.05) is 6.92 Å². The van der Waals surface area contributed by atoms with Crippen LogP contribution in [0.2, 0.25) is 0 Å². The fraction of sp³-hybridized carbons (Fsp3) is 0.923. The van der Waals surface area contributed by atoms with E-state index in [9.17, 15) is 4.79 Å². The lowest BCUT2D eigenvalue weighted by Gasteiger charge is -2.24. The Hall–Kier alpha value is -0.570. The minimum absolute atomic E-state index is 0.270. The molecule has 0 aliphatic carbocycles. The first-order chi connectivity index (χ1) is 7.26. The molecule has 0 aromatic heterocycles. The predicted molar refractivity (Wildman–Crippen MR) is 67.6 cm³/mol. The molecular formula is C13H27NO2. The summed E-state index contributed by atoms with van der Waals surface area (Å²) in [6.07, 6.45) is 3.74. The van der Waals surface area contributed by atoms with Gasteiger partial charge in [-0.05, 0) is 31.6 Å². The Balaban J connectivity index is 4.00. The second-order valence-electron chi connectivity index (χ2n) is 5.85. The van der Waals surface area contributed by atoms with E-state index >= 15 is 0 Å². The van der Waals surface area contributed by atoms with Crippen molar-refractivity contribution in [3.8, 4) is 0 Å². The molecule has 0 spiro atoms. The number of rotatable bonds is 7. The van der Waals surface area contributed by atoms with E-state index in [0.717, 1.165) is 19.3 Å². The van der Waals surface area contributed by atoms with Gasteiger partial charge in [0, 0.05) is 6.04 Å². The Morgan fingerprint density at radius 2 is 1.88 bits per heavy atom. The zero-order valence-electron chi connectivity index (χ0n) is 11.3. The number of carbonyl (C=O) groups is 1. The van der Waals surface area contributed by atoms with Crippen LogP contribution in [-0.4, -0.2) is 23.2 Å². The maximum atomic E-state index is 11.0. The van der Waals surface area contributed by atoms with Gasteiger partial charge in [0.1, 0.15) is 6.04 Å². The minimum Gasteiger partial charge on any atom is -0.480 e. The molecule has 0 heterocycles. The highest BCUT2D eigenvalue weighted by Gasteiger charge is 2.19. The number of nitrogens with one attached hydrogen (secondary N) is 1. The molecule has 0 bridgehead atoms. The van der Waals surface area contributed by atoms with Gasteiger partial charge in [0.25, 0.3) is 0 Å². The molecule has 0 aromatic carbocycles. The summed E-state index contributed by atoms with van der Waals surface area (Å²) >= 11 is 0. The lowest BCUT2D eigenvalue weighted by molar-refractivity contribution is -0.139. The molecule has 0 aliphatic heterocycles. The molecule has 3 heteroatoms. The van der Waals surface area contributed by atoms with Gasteiger partial charge in [0.15, 0.2) is 0 Å². The summed E-state index contributed by atoms with van der Waals surface area (Å²) in [5.74, 6) is -0.732. The van der Waals surface area contributed by atoms with Crippen LogP contribution in [0.1, 0.15) is 60.3 Å². The van der Waals surface area contributed by atoms with Crippen LogP contribution in [-0.2, 0) is 4.79 Å². The molecular weight excluding hydrogens is 202 g/mol. The molecule has 0 saturated heterocycles. The van der Waals surface area contributed by atoms with Crippen molar-refractivity contribution < 1.29 is 9.90 Å². The van der Waals surface area contributed by atoms with Crippen molar-refractivity contribution in [2.24, 2.45) is 5.41 Å². The highest BCUT2D eigenvalue weighted by atomic mass is 16.4. The Morgan fingerprint density at radius 1 is 1.31 bits per heavy atom. The van der Waals surface area contributed by atoms with Crippen molar-refractivity contribution in [2.45, 2.75) is 72.4 Å². The molecule has 3 nitrogen and oxygen atoms in total. The maximum absolute atomic E-state index is 11.0. The van der Waals surface area contributed by atoms with Crippen molar-refractivity contribution >= 4 is 5.97 Å². The van der Waals surface area contributed by atoms with Gasteiger partial charge >= 0.3 is 5.97 Å². The average Bonchev–Trinajstić information content (AvgIpc) is 2.13. The summed E-state index contributed by atoms with van der Waals surface area (Å²) in [5, 5.41) is 12.2. The highest BCUT2D eigenvalue weighted by Crippen LogP contribution is 2.21. The second-order valence-corrected chi connectivity index (χ2v) is 5.85. The normalized spacial score (nSPS) is 15.8. The van der Waals surface area contributed by atoms with Gasteiger partial charge in [0.05, 0.1) is 0 Å². The standard InChI is InChI=1S/C13H27NO2/c1-6-7-11(12(15)16)14-10(2)8-9-13(3,4)5/h10-11,14H,6-9H2,1-5H3,(H,15,16). The molecule has 0 fully saturated rings. The van der Waals surface area contributed by atoms with Crippen molar-refractivity contribution in [1.82, 2.24) is 5.32 Å². The summed E-state index contributed by atoms with van der Waals surface area (Å²) in [7, 11) is 0. The Bertz CT molecular complexity index is 208. The van der Waals surface area contributed by atoms with E-state index < -0.39 is 5.97 Å². The fourth-order valence-electron chi connectivity index (χ4n) is 1.64. The van der Waals surface area contributed by atoms with E-state index in [0.29, 0.717) is 11.8 Å². The van der Waals surface area contributed by atoms with Gasteiger partial charge in [-0.3, -0.25) is 4.79 Å². The van der Waals surface area contributed by atoms with E-state index in [1.165, 1.54) is 0 Å². The first kappa shape index (κ1) is 15.4. The van der Waals surface area contributed by atoms with E-state index in [4.69, 9.17) is 5.11 Å². The van der Waals surface area contributed by atoms with Crippen molar-refractivity contribution in [1.29, 1.82) is 0 Å². The molecule has 0 saturated carbocycles. The van der Waals surface area contributed by atoms with Crippen LogP contribution >= 0.6 is 0 Å². The average molecular weight is 229 g/mol. The maximum Gasteiger partial charge on any atom is 0.320 e. The number of hydrogen-bond acceptors (Lipinski definition) is 2. The number of carboxylic acids is 1. The monoisotopic (exact) mass is 229 g/mol. The van der Waals surface area contributed by atoms with Gasteiger partial charge in [-0.2, -0.15) is 0 Å². The molecule has 16 heavy (non-hydrogen) atoms. The second kappa shape index (κ2) is 6.89. The largest absolute Gasteiger partial charge is 0.480 e. The minimum atomic E-state index is -0.732. The van der Waals surface area contributed by atoms with Crippen LogP contribution in [0.25, 0.3) is 0 Å². The first-order valence-electron chi connectivity index (χ1n) is 6.25. The van der Waals surface area contributed by atoms with Gasteiger partial charge in [-0.1, -0.05) is 34.1 Å². The summed E-state index contributed by atoms with van der Waals surface area (Å²) in [5.41, 5.74) is 0.319. The molecule has 0 aliphatic rings. The predicted octanol–water partition coefficient (Wildman–Crippen LogP) is 3.04. The first-order valence-corrected chi connectivity index (χ1v) is 6.25. The Morgan fingerprint density at radius 3 is 2.25 bits per heavy atom. The summed E-state index contributed by atoms with van der Waals surface area (Å²) in [6, 6.07) is -0.119. The van der Waals surface area contributed by atoms with Gasteiger partial charge in [-0.25, -0.2) is 0 Å².